The molecule has 0 unspecified atom stereocenters. The van der Waals surface area contributed by atoms with Crippen LogP contribution in [0.5, 0.6) is 5.75 Å². The van der Waals surface area contributed by atoms with Gasteiger partial charge in [-0.25, -0.2) is 0 Å². The van der Waals surface area contributed by atoms with Crippen LogP contribution in [-0.4, -0.2) is 50.5 Å². The Labute approximate surface area is 182 Å². The first-order valence-corrected chi connectivity index (χ1v) is 10.5. The fraction of sp³-hybridized carbons (Fsp3) is 0.391. The largest absolute Gasteiger partial charge is 0.493 e. The maximum absolute atomic E-state index is 12.8. The van der Waals surface area contributed by atoms with Crippen LogP contribution in [0.15, 0.2) is 48.5 Å². The summed E-state index contributed by atoms with van der Waals surface area (Å²) in [7, 11) is 3.84. The van der Waals surface area contributed by atoms with Crippen molar-refractivity contribution in [3.63, 3.8) is 0 Å². The van der Waals surface area contributed by atoms with Crippen LogP contribution in [0.4, 0.5) is 11.4 Å². The molecule has 7 heteroatoms. The summed E-state index contributed by atoms with van der Waals surface area (Å²) in [5.41, 5.74) is 1.60. The van der Waals surface area contributed by atoms with Crippen molar-refractivity contribution in [3.8, 4) is 5.75 Å². The summed E-state index contributed by atoms with van der Waals surface area (Å²) < 4.78 is 5.61. The van der Waals surface area contributed by atoms with Crippen LogP contribution in [0.2, 0.25) is 5.02 Å². The number of halogens is 1. The first-order chi connectivity index (χ1) is 14.4. The first kappa shape index (κ1) is 22.0. The summed E-state index contributed by atoms with van der Waals surface area (Å²) in [6.45, 7) is 1.52. The summed E-state index contributed by atoms with van der Waals surface area (Å²) in [6, 6.07) is 14.9. The average molecular weight is 430 g/mol. The lowest BCUT2D eigenvalue weighted by molar-refractivity contribution is -0.135. The van der Waals surface area contributed by atoms with Crippen molar-refractivity contribution in [3.05, 3.63) is 53.6 Å². The highest BCUT2D eigenvalue weighted by Crippen LogP contribution is 2.29. The van der Waals surface area contributed by atoms with E-state index in [4.69, 9.17) is 16.3 Å². The summed E-state index contributed by atoms with van der Waals surface area (Å²) >= 11 is 6.10. The number of para-hydroxylation sites is 1. The van der Waals surface area contributed by atoms with E-state index in [0.717, 1.165) is 11.4 Å². The molecule has 2 aromatic carbocycles. The maximum atomic E-state index is 12.8. The summed E-state index contributed by atoms with van der Waals surface area (Å²) in [6.07, 6.45) is 1.63. The van der Waals surface area contributed by atoms with Crippen molar-refractivity contribution in [1.29, 1.82) is 0 Å². The van der Waals surface area contributed by atoms with Gasteiger partial charge >= 0.3 is 0 Å². The predicted molar refractivity (Wildman–Crippen MR) is 120 cm³/mol. The fourth-order valence-electron chi connectivity index (χ4n) is 3.56. The number of likely N-dealkylation sites (tertiary alicyclic amines) is 1. The number of nitrogens with zero attached hydrogens (tertiary/aromatic N) is 2. The number of rotatable bonds is 7. The molecule has 30 heavy (non-hydrogen) atoms. The van der Waals surface area contributed by atoms with Crippen molar-refractivity contribution >= 4 is 34.8 Å². The molecule has 1 heterocycles. The van der Waals surface area contributed by atoms with Crippen LogP contribution in [0, 0.1) is 5.92 Å². The molecule has 0 atom stereocenters. The molecule has 0 saturated carbocycles. The molecule has 1 aliphatic heterocycles. The van der Waals surface area contributed by atoms with E-state index in [1.165, 1.54) is 0 Å². The molecule has 160 valence electrons. The molecule has 0 aliphatic carbocycles. The maximum Gasteiger partial charge on any atom is 0.227 e. The second-order valence-electron chi connectivity index (χ2n) is 7.61. The molecule has 1 aliphatic rings. The molecule has 2 amide bonds. The van der Waals surface area contributed by atoms with E-state index in [2.05, 4.69) is 5.32 Å². The van der Waals surface area contributed by atoms with E-state index >= 15 is 0 Å². The minimum Gasteiger partial charge on any atom is -0.493 e. The molecule has 0 bridgehead atoms. The topological polar surface area (TPSA) is 61.9 Å². The van der Waals surface area contributed by atoms with E-state index in [0.29, 0.717) is 49.7 Å². The lowest BCUT2D eigenvalue weighted by Gasteiger charge is -2.31. The van der Waals surface area contributed by atoms with E-state index in [1.54, 1.807) is 12.1 Å². The molecule has 2 aromatic rings. The Bertz CT molecular complexity index is 865. The molecule has 3 rings (SSSR count). The van der Waals surface area contributed by atoms with Gasteiger partial charge in [-0.3, -0.25) is 9.59 Å². The first-order valence-electron chi connectivity index (χ1n) is 10.2. The molecule has 1 fully saturated rings. The normalized spacial score (nSPS) is 14.3. The number of amides is 2. The van der Waals surface area contributed by atoms with Crippen LogP contribution in [-0.2, 0) is 9.59 Å². The van der Waals surface area contributed by atoms with Crippen molar-refractivity contribution in [1.82, 2.24) is 4.90 Å². The van der Waals surface area contributed by atoms with Gasteiger partial charge < -0.3 is 19.9 Å². The number of benzene rings is 2. The number of hydrogen-bond acceptors (Lipinski definition) is 4. The smallest absolute Gasteiger partial charge is 0.227 e. The average Bonchev–Trinajstić information content (AvgIpc) is 2.74. The van der Waals surface area contributed by atoms with Gasteiger partial charge in [-0.15, -0.1) is 0 Å². The lowest BCUT2D eigenvalue weighted by Crippen LogP contribution is -2.41. The van der Waals surface area contributed by atoms with Gasteiger partial charge in [0.1, 0.15) is 5.75 Å². The van der Waals surface area contributed by atoms with Gasteiger partial charge in [0.05, 0.1) is 24.4 Å². The Hall–Kier alpha value is -2.73. The highest BCUT2D eigenvalue weighted by molar-refractivity contribution is 6.31. The number of carbonyl (C=O) groups excluding carboxylic acids is 2. The van der Waals surface area contributed by atoms with Crippen LogP contribution in [0.3, 0.4) is 0 Å². The zero-order valence-electron chi connectivity index (χ0n) is 17.4. The van der Waals surface area contributed by atoms with Gasteiger partial charge in [0.15, 0.2) is 0 Å². The van der Waals surface area contributed by atoms with E-state index in [-0.39, 0.29) is 17.7 Å². The Morgan fingerprint density at radius 3 is 2.50 bits per heavy atom. The second-order valence-corrected chi connectivity index (χ2v) is 8.05. The molecular weight excluding hydrogens is 402 g/mol. The van der Waals surface area contributed by atoms with Crippen molar-refractivity contribution in [2.75, 3.05) is 44.0 Å². The standard InChI is InChI=1S/C23H28ClN3O3/c1-26(2)21-9-8-18(24)16-20(21)25-23(29)17-10-13-27(14-11-17)22(28)12-15-30-19-6-4-3-5-7-19/h3-9,16-17H,10-15H2,1-2H3,(H,25,29). The number of nitrogens with one attached hydrogen (secondary N) is 1. The van der Waals surface area contributed by atoms with Gasteiger partial charge in [0.25, 0.3) is 0 Å². The monoisotopic (exact) mass is 429 g/mol. The summed E-state index contributed by atoms with van der Waals surface area (Å²) in [5.74, 6) is 0.678. The number of anilines is 2. The molecule has 0 aromatic heterocycles. The number of carbonyl (C=O) groups is 2. The van der Waals surface area contributed by atoms with Crippen LogP contribution in [0.1, 0.15) is 19.3 Å². The molecule has 0 spiro atoms. The Balaban J connectivity index is 1.46. The zero-order valence-corrected chi connectivity index (χ0v) is 18.2. The van der Waals surface area contributed by atoms with Crippen molar-refractivity contribution in [2.45, 2.75) is 19.3 Å². The minimum absolute atomic E-state index is 0.0279. The summed E-state index contributed by atoms with van der Waals surface area (Å²) in [5, 5.41) is 3.59. The lowest BCUT2D eigenvalue weighted by atomic mass is 9.95. The highest BCUT2D eigenvalue weighted by atomic mass is 35.5. The fourth-order valence-corrected chi connectivity index (χ4v) is 3.73. The summed E-state index contributed by atoms with van der Waals surface area (Å²) in [4.78, 5) is 29.0. The van der Waals surface area contributed by atoms with Crippen LogP contribution < -0.4 is 15.0 Å². The SMILES string of the molecule is CN(C)c1ccc(Cl)cc1NC(=O)C1CCN(C(=O)CCOc2ccccc2)CC1. The third kappa shape index (κ3) is 5.89. The Morgan fingerprint density at radius 1 is 1.13 bits per heavy atom. The van der Waals surface area contributed by atoms with Gasteiger partial charge in [0.2, 0.25) is 11.8 Å². The predicted octanol–water partition coefficient (Wildman–Crippen LogP) is 4.05. The zero-order chi connectivity index (χ0) is 21.5. The van der Waals surface area contributed by atoms with E-state index in [9.17, 15) is 9.59 Å². The molecular formula is C23H28ClN3O3. The Kier molecular flexibility index (Phi) is 7.57. The van der Waals surface area contributed by atoms with E-state index < -0.39 is 0 Å². The minimum atomic E-state index is -0.122. The molecule has 0 radical (unpaired) electrons. The number of hydrogen-bond donors (Lipinski definition) is 1. The highest BCUT2D eigenvalue weighted by Gasteiger charge is 2.27. The molecule has 1 saturated heterocycles. The number of ether oxygens (including phenoxy) is 1. The Morgan fingerprint density at radius 2 is 1.83 bits per heavy atom. The van der Waals surface area contributed by atoms with Gasteiger partial charge in [-0.1, -0.05) is 29.8 Å². The van der Waals surface area contributed by atoms with Crippen LogP contribution >= 0.6 is 11.6 Å². The van der Waals surface area contributed by atoms with Gasteiger partial charge in [-0.05, 0) is 43.2 Å². The second kappa shape index (κ2) is 10.3. The van der Waals surface area contributed by atoms with Gasteiger partial charge in [0, 0.05) is 38.1 Å². The molecule has 6 nitrogen and oxygen atoms in total. The van der Waals surface area contributed by atoms with Crippen molar-refractivity contribution in [2.24, 2.45) is 5.92 Å². The van der Waals surface area contributed by atoms with E-state index in [1.807, 2.05) is 60.3 Å². The quantitative estimate of drug-likeness (QED) is 0.721. The van der Waals surface area contributed by atoms with Crippen molar-refractivity contribution < 1.29 is 14.3 Å². The number of piperidine rings is 1. The third-order valence-corrected chi connectivity index (χ3v) is 5.48. The third-order valence-electron chi connectivity index (χ3n) is 5.24. The van der Waals surface area contributed by atoms with Crippen LogP contribution in [0.25, 0.3) is 0 Å². The molecule has 1 N–H and O–H groups in total. The van der Waals surface area contributed by atoms with Gasteiger partial charge in [-0.2, -0.15) is 0 Å².